The van der Waals surface area contributed by atoms with Crippen molar-refractivity contribution in [2.45, 2.75) is 13.8 Å². The molecule has 0 aliphatic heterocycles. The van der Waals surface area contributed by atoms with Crippen LogP contribution in [-0.2, 0) is 0 Å². The third-order valence-electron chi connectivity index (χ3n) is 1.06. The zero-order chi connectivity index (χ0) is 5.70. The summed E-state index contributed by atoms with van der Waals surface area (Å²) in [6.07, 6.45) is 0. The summed E-state index contributed by atoms with van der Waals surface area (Å²) in [6, 6.07) is 0. The highest BCUT2D eigenvalue weighted by molar-refractivity contribution is 6.92. The van der Waals surface area contributed by atoms with Gasteiger partial charge in [0.05, 0.1) is 0 Å². The van der Waals surface area contributed by atoms with E-state index in [1.165, 1.54) is 0 Å². The summed E-state index contributed by atoms with van der Waals surface area (Å²) in [5, 5.41) is 0. The predicted molar refractivity (Wildman–Crippen MR) is 37.3 cm³/mol. The number of hydrogen-bond acceptors (Lipinski definition) is 1. The first kappa shape index (κ1) is 7.47. The molecular weight excluding hydrogens is 126 g/mol. The number of halogens is 1. The van der Waals surface area contributed by atoms with E-state index < -0.39 is 0 Å². The van der Waals surface area contributed by atoms with Crippen LogP contribution in [0.25, 0.3) is 0 Å². The van der Waals surface area contributed by atoms with E-state index in [-0.39, 0.29) is 8.99 Å². The van der Waals surface area contributed by atoms with Crippen molar-refractivity contribution in [3.05, 3.63) is 0 Å². The summed E-state index contributed by atoms with van der Waals surface area (Å²) in [6.45, 7) is 6.51. The van der Waals surface area contributed by atoms with E-state index in [9.17, 15) is 0 Å². The van der Waals surface area contributed by atoms with Crippen LogP contribution in [-0.4, -0.2) is 26.6 Å². The molecule has 0 bridgehead atoms. The molecule has 7 heavy (non-hydrogen) atoms. The Hall–Kier alpha value is 0.467. The Bertz CT molecular complexity index is 33.2. The van der Waals surface area contributed by atoms with Gasteiger partial charge in [-0.3, -0.25) is 0 Å². The Morgan fingerprint density at radius 3 is 1.86 bits per heavy atom. The molecule has 0 rings (SSSR count). The fourth-order valence-electron chi connectivity index (χ4n) is 0.393. The SMILES string of the molecule is CCN(CC)[SiH2]Cl. The zero-order valence-corrected chi connectivity index (χ0v) is 7.12. The van der Waals surface area contributed by atoms with Crippen LogP contribution in [0.1, 0.15) is 13.8 Å². The molecule has 0 atom stereocenters. The smallest absolute Gasteiger partial charge is 0.198 e. The minimum Gasteiger partial charge on any atom is -0.317 e. The number of rotatable bonds is 3. The van der Waals surface area contributed by atoms with Gasteiger partial charge < -0.3 is 4.57 Å². The lowest BCUT2D eigenvalue weighted by atomic mass is 10.7. The second kappa shape index (κ2) is 4.62. The van der Waals surface area contributed by atoms with Gasteiger partial charge in [-0.15, -0.1) is 0 Å². The van der Waals surface area contributed by atoms with Crippen molar-refractivity contribution in [1.82, 2.24) is 4.57 Å². The molecular formula is C4H12ClNSi. The summed E-state index contributed by atoms with van der Waals surface area (Å²) in [7, 11) is -0.367. The first-order valence-electron chi connectivity index (χ1n) is 2.63. The molecule has 0 heterocycles. The van der Waals surface area contributed by atoms with Crippen LogP contribution < -0.4 is 0 Å². The molecule has 0 aromatic heterocycles. The molecule has 1 nitrogen and oxygen atoms in total. The molecule has 0 aromatic rings. The highest BCUT2D eigenvalue weighted by Crippen LogP contribution is 1.83. The lowest BCUT2D eigenvalue weighted by molar-refractivity contribution is 0.502. The van der Waals surface area contributed by atoms with E-state index in [4.69, 9.17) is 11.1 Å². The second-order valence-electron chi connectivity index (χ2n) is 1.42. The van der Waals surface area contributed by atoms with Gasteiger partial charge in [-0.25, -0.2) is 0 Å². The second-order valence-corrected chi connectivity index (χ2v) is 3.27. The maximum atomic E-state index is 5.63. The molecule has 0 unspecified atom stereocenters. The molecule has 0 aliphatic rings. The molecule has 0 fully saturated rings. The summed E-state index contributed by atoms with van der Waals surface area (Å²) in [5.41, 5.74) is 0. The van der Waals surface area contributed by atoms with Gasteiger partial charge in [0.25, 0.3) is 0 Å². The highest BCUT2D eigenvalue weighted by atomic mass is 35.6. The van der Waals surface area contributed by atoms with E-state index in [0.29, 0.717) is 0 Å². The maximum absolute atomic E-state index is 5.63. The van der Waals surface area contributed by atoms with E-state index in [2.05, 4.69) is 18.4 Å². The van der Waals surface area contributed by atoms with Crippen LogP contribution in [0.4, 0.5) is 0 Å². The van der Waals surface area contributed by atoms with Crippen LogP contribution in [0.3, 0.4) is 0 Å². The van der Waals surface area contributed by atoms with Crippen molar-refractivity contribution < 1.29 is 0 Å². The minimum absolute atomic E-state index is 0.367. The van der Waals surface area contributed by atoms with Crippen LogP contribution in [0, 0.1) is 0 Å². The Kier molecular flexibility index (Phi) is 4.93. The molecule has 44 valence electrons. The third-order valence-corrected chi connectivity index (χ3v) is 3.31. The van der Waals surface area contributed by atoms with Gasteiger partial charge >= 0.3 is 0 Å². The van der Waals surface area contributed by atoms with Gasteiger partial charge in [0.15, 0.2) is 8.99 Å². The Labute approximate surface area is 52.3 Å². The van der Waals surface area contributed by atoms with E-state index in [1.54, 1.807) is 0 Å². The fraction of sp³-hybridized carbons (Fsp3) is 1.00. The molecule has 0 spiro atoms. The first-order valence-corrected chi connectivity index (χ1v) is 5.40. The Balaban J connectivity index is 2.99. The molecule has 0 N–H and O–H groups in total. The van der Waals surface area contributed by atoms with Gasteiger partial charge in [0.2, 0.25) is 0 Å². The fourth-order valence-corrected chi connectivity index (χ4v) is 1.74. The predicted octanol–water partition coefficient (Wildman–Crippen LogP) is 0.566. The standard InChI is InChI=1S/C4H12ClNSi/c1-3-6(4-2)7-5/h3-4,7H2,1-2H3. The maximum Gasteiger partial charge on any atom is 0.198 e. The number of nitrogens with zero attached hydrogens (tertiary/aromatic N) is 1. The van der Waals surface area contributed by atoms with E-state index in [0.717, 1.165) is 13.1 Å². The molecule has 0 saturated carbocycles. The molecule has 0 aromatic carbocycles. The average Bonchev–Trinajstić information content (AvgIpc) is 1.72. The quantitative estimate of drug-likeness (QED) is 0.406. The van der Waals surface area contributed by atoms with Crippen molar-refractivity contribution in [2.75, 3.05) is 13.1 Å². The van der Waals surface area contributed by atoms with Gasteiger partial charge in [-0.2, -0.15) is 11.1 Å². The van der Waals surface area contributed by atoms with Crippen LogP contribution >= 0.6 is 11.1 Å². The monoisotopic (exact) mass is 137 g/mol. The Morgan fingerprint density at radius 1 is 1.43 bits per heavy atom. The van der Waals surface area contributed by atoms with Crippen LogP contribution in [0.15, 0.2) is 0 Å². The van der Waals surface area contributed by atoms with Crippen molar-refractivity contribution in [2.24, 2.45) is 0 Å². The van der Waals surface area contributed by atoms with Gasteiger partial charge in [0, 0.05) is 0 Å². The van der Waals surface area contributed by atoms with Gasteiger partial charge in [-0.05, 0) is 13.1 Å². The summed E-state index contributed by atoms with van der Waals surface area (Å²) in [5.74, 6) is 0. The van der Waals surface area contributed by atoms with Crippen molar-refractivity contribution in [1.29, 1.82) is 0 Å². The molecule has 0 saturated heterocycles. The van der Waals surface area contributed by atoms with Crippen LogP contribution in [0.5, 0.6) is 0 Å². The topological polar surface area (TPSA) is 3.24 Å². The third kappa shape index (κ3) is 3.09. The summed E-state index contributed by atoms with van der Waals surface area (Å²) in [4.78, 5) is 0. The van der Waals surface area contributed by atoms with E-state index in [1.807, 2.05) is 0 Å². The minimum atomic E-state index is -0.367. The summed E-state index contributed by atoms with van der Waals surface area (Å²) < 4.78 is 2.28. The summed E-state index contributed by atoms with van der Waals surface area (Å²) >= 11 is 5.63. The largest absolute Gasteiger partial charge is 0.317 e. The van der Waals surface area contributed by atoms with E-state index >= 15 is 0 Å². The first-order chi connectivity index (χ1) is 3.35. The molecule has 0 aliphatic carbocycles. The van der Waals surface area contributed by atoms with Gasteiger partial charge in [-0.1, -0.05) is 13.8 Å². The molecule has 0 radical (unpaired) electrons. The number of hydrogen-bond donors (Lipinski definition) is 0. The molecule has 3 heteroatoms. The van der Waals surface area contributed by atoms with Crippen molar-refractivity contribution in [3.8, 4) is 0 Å². The molecule has 0 amide bonds. The lowest BCUT2D eigenvalue weighted by Crippen LogP contribution is -2.23. The van der Waals surface area contributed by atoms with Crippen LogP contribution in [0.2, 0.25) is 0 Å². The highest BCUT2D eigenvalue weighted by Gasteiger charge is 1.91. The van der Waals surface area contributed by atoms with Crippen molar-refractivity contribution in [3.63, 3.8) is 0 Å². The Morgan fingerprint density at radius 2 is 1.86 bits per heavy atom. The lowest BCUT2D eigenvalue weighted by Gasteiger charge is -2.11. The normalized spacial score (nSPS) is 12.0. The van der Waals surface area contributed by atoms with Gasteiger partial charge in [0.1, 0.15) is 0 Å². The average molecular weight is 138 g/mol. The van der Waals surface area contributed by atoms with Crippen molar-refractivity contribution >= 4 is 20.1 Å². The zero-order valence-electron chi connectivity index (χ0n) is 4.95.